The number of hydrogen-bond acceptors (Lipinski definition) is 3. The highest BCUT2D eigenvalue weighted by Crippen LogP contribution is 2.44. The molecule has 0 saturated carbocycles. The summed E-state index contributed by atoms with van der Waals surface area (Å²) < 4.78 is 15.3. The molecule has 0 bridgehead atoms. The number of piperidine rings is 1. The van der Waals surface area contributed by atoms with Crippen LogP contribution in [0.1, 0.15) is 24.0 Å². The maximum Gasteiger partial charge on any atom is 0.306 e. The third kappa shape index (κ3) is 4.23. The highest BCUT2D eigenvalue weighted by Gasteiger charge is 2.47. The lowest BCUT2D eigenvalue weighted by atomic mass is 9.87. The fourth-order valence-corrected chi connectivity index (χ4v) is 4.97. The van der Waals surface area contributed by atoms with Gasteiger partial charge in [0, 0.05) is 27.8 Å². The molecule has 0 spiro atoms. The molecule has 2 fully saturated rings. The minimum atomic E-state index is -1.54. The van der Waals surface area contributed by atoms with Crippen molar-refractivity contribution in [2.24, 2.45) is 5.92 Å². The van der Waals surface area contributed by atoms with E-state index < -0.39 is 11.6 Å². The average Bonchev–Trinajstić information content (AvgIpc) is 2.67. The summed E-state index contributed by atoms with van der Waals surface area (Å²) in [4.78, 5) is 15.3. The average molecular weight is 437 g/mol. The lowest BCUT2D eigenvalue weighted by Gasteiger charge is -2.46. The van der Waals surface area contributed by atoms with Gasteiger partial charge in [-0.3, -0.25) is 9.69 Å². The summed E-state index contributed by atoms with van der Waals surface area (Å²) in [5.41, 5.74) is 0.974. The van der Waals surface area contributed by atoms with Gasteiger partial charge in [-0.2, -0.15) is 0 Å². The van der Waals surface area contributed by atoms with Crippen molar-refractivity contribution in [3.63, 3.8) is 0 Å². The number of carboxylic acid groups (broad SMARTS) is 1. The number of rotatable bonds is 5. The van der Waals surface area contributed by atoms with Gasteiger partial charge in [0.15, 0.2) is 5.67 Å². The van der Waals surface area contributed by atoms with E-state index in [0.717, 1.165) is 25.3 Å². The van der Waals surface area contributed by atoms with Gasteiger partial charge in [0.05, 0.1) is 19.0 Å². The van der Waals surface area contributed by atoms with Crippen LogP contribution < -0.4 is 4.90 Å². The molecule has 29 heavy (non-hydrogen) atoms. The molecule has 7 heteroatoms. The fraction of sp³-hybridized carbons (Fsp3) is 0.409. The molecule has 0 unspecified atom stereocenters. The number of carboxylic acids is 1. The van der Waals surface area contributed by atoms with E-state index in [0.29, 0.717) is 28.5 Å². The van der Waals surface area contributed by atoms with E-state index in [4.69, 9.17) is 28.3 Å². The van der Waals surface area contributed by atoms with E-state index in [1.807, 2.05) is 17.0 Å². The molecular weight excluding hydrogens is 414 g/mol. The molecule has 0 atom stereocenters. The SMILES string of the molecule is O=C(O)C1CCN(Cc2ccc(N3CC(F)(c4c(Cl)cccc4Cl)C3)cc2)CC1. The van der Waals surface area contributed by atoms with E-state index in [1.54, 1.807) is 18.2 Å². The van der Waals surface area contributed by atoms with Crippen LogP contribution in [0.15, 0.2) is 42.5 Å². The number of alkyl halides is 1. The monoisotopic (exact) mass is 436 g/mol. The molecule has 0 aromatic heterocycles. The quantitative estimate of drug-likeness (QED) is 0.717. The van der Waals surface area contributed by atoms with Gasteiger partial charge < -0.3 is 10.0 Å². The summed E-state index contributed by atoms with van der Waals surface area (Å²) in [5, 5.41) is 9.83. The second kappa shape index (κ2) is 8.13. The van der Waals surface area contributed by atoms with Gasteiger partial charge >= 0.3 is 5.97 Å². The molecule has 2 aliphatic rings. The predicted octanol–water partition coefficient (Wildman–Crippen LogP) is 4.98. The van der Waals surface area contributed by atoms with Crippen LogP contribution in [0.4, 0.5) is 10.1 Å². The van der Waals surface area contributed by atoms with Gasteiger partial charge in [0.25, 0.3) is 0 Å². The summed E-state index contributed by atoms with van der Waals surface area (Å²) in [5.74, 6) is -0.904. The Morgan fingerprint density at radius 2 is 1.66 bits per heavy atom. The van der Waals surface area contributed by atoms with Crippen molar-refractivity contribution in [1.82, 2.24) is 4.90 Å². The number of aliphatic carboxylic acids is 1. The summed E-state index contributed by atoms with van der Waals surface area (Å²) in [6.07, 6.45) is 1.40. The Hall–Kier alpha value is -1.82. The van der Waals surface area contributed by atoms with E-state index in [1.165, 1.54) is 5.56 Å². The van der Waals surface area contributed by atoms with Gasteiger partial charge in [0.2, 0.25) is 0 Å². The second-order valence-electron chi connectivity index (χ2n) is 7.97. The standard InChI is InChI=1S/C22H23Cl2FN2O2/c23-18-2-1-3-19(24)20(18)22(25)13-27(14-22)17-6-4-15(5-7-17)12-26-10-8-16(9-11-26)21(28)29/h1-7,16H,8-14H2,(H,28,29). The van der Waals surface area contributed by atoms with Crippen molar-refractivity contribution in [2.75, 3.05) is 31.1 Å². The second-order valence-corrected chi connectivity index (χ2v) is 8.79. The smallest absolute Gasteiger partial charge is 0.306 e. The summed E-state index contributed by atoms with van der Waals surface area (Å²) in [7, 11) is 0. The van der Waals surface area contributed by atoms with Gasteiger partial charge in [-0.25, -0.2) is 4.39 Å². The Morgan fingerprint density at radius 1 is 1.07 bits per heavy atom. The van der Waals surface area contributed by atoms with E-state index in [2.05, 4.69) is 17.0 Å². The molecule has 1 N–H and O–H groups in total. The number of benzene rings is 2. The van der Waals surface area contributed by atoms with Crippen molar-refractivity contribution in [2.45, 2.75) is 25.1 Å². The Labute approximate surface area is 179 Å². The van der Waals surface area contributed by atoms with Gasteiger partial charge in [0.1, 0.15) is 0 Å². The predicted molar refractivity (Wildman–Crippen MR) is 114 cm³/mol. The van der Waals surface area contributed by atoms with Crippen LogP contribution in [0.3, 0.4) is 0 Å². The van der Waals surface area contributed by atoms with Crippen LogP contribution >= 0.6 is 23.2 Å². The lowest BCUT2D eigenvalue weighted by molar-refractivity contribution is -0.143. The number of halogens is 3. The van der Waals surface area contributed by atoms with Crippen molar-refractivity contribution >= 4 is 34.9 Å². The molecule has 2 saturated heterocycles. The van der Waals surface area contributed by atoms with Crippen molar-refractivity contribution in [3.05, 3.63) is 63.6 Å². The van der Waals surface area contributed by atoms with E-state index in [-0.39, 0.29) is 19.0 Å². The van der Waals surface area contributed by atoms with Crippen LogP contribution in [-0.2, 0) is 17.0 Å². The van der Waals surface area contributed by atoms with E-state index in [9.17, 15) is 4.79 Å². The van der Waals surface area contributed by atoms with Gasteiger partial charge in [-0.15, -0.1) is 0 Å². The maximum absolute atomic E-state index is 15.3. The number of carbonyl (C=O) groups is 1. The van der Waals surface area contributed by atoms with Gasteiger partial charge in [-0.1, -0.05) is 41.4 Å². The first kappa shape index (κ1) is 20.5. The maximum atomic E-state index is 15.3. The number of hydrogen-bond donors (Lipinski definition) is 1. The van der Waals surface area contributed by atoms with Crippen LogP contribution in [0.5, 0.6) is 0 Å². The van der Waals surface area contributed by atoms with Crippen molar-refractivity contribution in [1.29, 1.82) is 0 Å². The molecule has 2 heterocycles. The normalized spacial score (nSPS) is 19.8. The Balaban J connectivity index is 1.35. The third-order valence-corrected chi connectivity index (χ3v) is 6.57. The molecule has 154 valence electrons. The molecule has 4 rings (SSSR count). The largest absolute Gasteiger partial charge is 0.481 e. The minimum Gasteiger partial charge on any atom is -0.481 e. The number of likely N-dealkylation sites (tertiary alicyclic amines) is 1. The first-order chi connectivity index (χ1) is 13.9. The molecule has 2 aliphatic heterocycles. The van der Waals surface area contributed by atoms with Crippen LogP contribution in [0.25, 0.3) is 0 Å². The molecular formula is C22H23Cl2FN2O2. The highest BCUT2D eigenvalue weighted by atomic mass is 35.5. The zero-order chi connectivity index (χ0) is 20.6. The van der Waals surface area contributed by atoms with E-state index >= 15 is 4.39 Å². The molecule has 2 aromatic rings. The van der Waals surface area contributed by atoms with Crippen LogP contribution in [0, 0.1) is 5.92 Å². The van der Waals surface area contributed by atoms with Crippen LogP contribution in [0.2, 0.25) is 10.0 Å². The summed E-state index contributed by atoms with van der Waals surface area (Å²) >= 11 is 12.4. The molecule has 2 aromatic carbocycles. The molecule has 0 amide bonds. The highest BCUT2D eigenvalue weighted by molar-refractivity contribution is 6.36. The fourth-order valence-electron chi connectivity index (χ4n) is 4.23. The Bertz CT molecular complexity index is 872. The Morgan fingerprint density at radius 3 is 2.21 bits per heavy atom. The van der Waals surface area contributed by atoms with Crippen LogP contribution in [-0.4, -0.2) is 42.2 Å². The number of anilines is 1. The Kier molecular flexibility index (Phi) is 5.74. The zero-order valence-corrected chi connectivity index (χ0v) is 17.5. The number of nitrogens with zero attached hydrogens (tertiary/aromatic N) is 2. The van der Waals surface area contributed by atoms with Crippen molar-refractivity contribution in [3.8, 4) is 0 Å². The first-order valence-corrected chi connectivity index (χ1v) is 10.5. The molecule has 0 radical (unpaired) electrons. The van der Waals surface area contributed by atoms with Crippen molar-refractivity contribution < 1.29 is 14.3 Å². The molecule has 0 aliphatic carbocycles. The topological polar surface area (TPSA) is 43.8 Å². The van der Waals surface area contributed by atoms with Gasteiger partial charge in [-0.05, 0) is 55.8 Å². The third-order valence-electron chi connectivity index (χ3n) is 5.94. The first-order valence-electron chi connectivity index (χ1n) is 9.78. The summed E-state index contributed by atoms with van der Waals surface area (Å²) in [6, 6.07) is 13.2. The summed E-state index contributed by atoms with van der Waals surface area (Å²) in [6.45, 7) is 2.84. The zero-order valence-electron chi connectivity index (χ0n) is 16.0. The minimum absolute atomic E-state index is 0.215. The lowest BCUT2D eigenvalue weighted by Crippen LogP contribution is -2.57. The molecule has 4 nitrogen and oxygen atoms in total.